The molecule has 0 unspecified atom stereocenters. The van der Waals surface area contributed by atoms with E-state index >= 15 is 0 Å². The number of halogens is 2. The third kappa shape index (κ3) is 3.32. The van der Waals surface area contributed by atoms with Gasteiger partial charge in [-0.1, -0.05) is 11.6 Å². The van der Waals surface area contributed by atoms with E-state index in [4.69, 9.17) is 17.3 Å². The molecule has 76 valence electrons. The molecule has 3 nitrogen and oxygen atoms in total. The average Bonchev–Trinajstić information content (AvgIpc) is 2.10. The first-order chi connectivity index (χ1) is 6.59. The molecule has 14 heavy (non-hydrogen) atoms. The number of hydrogen-bond donors (Lipinski definition) is 2. The van der Waals surface area contributed by atoms with Gasteiger partial charge in [0.15, 0.2) is 0 Å². The zero-order valence-electron chi connectivity index (χ0n) is 7.39. The number of nitrogens with two attached hydrogens (primary N) is 1. The highest BCUT2D eigenvalue weighted by Crippen LogP contribution is 2.14. The monoisotopic (exact) mass is 216 g/mol. The van der Waals surface area contributed by atoms with Crippen LogP contribution < -0.4 is 11.1 Å². The van der Waals surface area contributed by atoms with E-state index < -0.39 is 5.91 Å². The maximum absolute atomic E-state index is 13.1. The van der Waals surface area contributed by atoms with Gasteiger partial charge in [-0.3, -0.25) is 4.79 Å². The van der Waals surface area contributed by atoms with Gasteiger partial charge in [-0.05, 0) is 18.2 Å². The molecule has 1 amide bonds. The van der Waals surface area contributed by atoms with E-state index in [1.165, 1.54) is 18.2 Å². The van der Waals surface area contributed by atoms with Crippen molar-refractivity contribution in [1.82, 2.24) is 5.32 Å². The van der Waals surface area contributed by atoms with Gasteiger partial charge in [0, 0.05) is 17.1 Å². The Labute approximate surface area is 86.0 Å². The number of carbonyl (C=O) groups is 1. The number of primary amides is 1. The second-order valence-electron chi connectivity index (χ2n) is 2.81. The molecule has 0 bridgehead atoms. The molecule has 1 rings (SSSR count). The predicted molar refractivity (Wildman–Crippen MR) is 52.3 cm³/mol. The quantitative estimate of drug-likeness (QED) is 0.791. The fourth-order valence-electron chi connectivity index (χ4n) is 0.999. The third-order valence-electron chi connectivity index (χ3n) is 1.62. The van der Waals surface area contributed by atoms with E-state index in [-0.39, 0.29) is 18.9 Å². The van der Waals surface area contributed by atoms with E-state index in [9.17, 15) is 9.18 Å². The summed E-state index contributed by atoms with van der Waals surface area (Å²) in [7, 11) is 0. The van der Waals surface area contributed by atoms with E-state index in [0.29, 0.717) is 10.6 Å². The van der Waals surface area contributed by atoms with Crippen LogP contribution in [-0.2, 0) is 11.3 Å². The van der Waals surface area contributed by atoms with Gasteiger partial charge >= 0.3 is 0 Å². The summed E-state index contributed by atoms with van der Waals surface area (Å²) >= 11 is 5.67. The second kappa shape index (κ2) is 4.93. The van der Waals surface area contributed by atoms with Crippen molar-refractivity contribution < 1.29 is 9.18 Å². The number of amides is 1. The van der Waals surface area contributed by atoms with Gasteiger partial charge in [-0.25, -0.2) is 4.39 Å². The highest BCUT2D eigenvalue weighted by molar-refractivity contribution is 6.30. The van der Waals surface area contributed by atoms with E-state index in [2.05, 4.69) is 5.32 Å². The summed E-state index contributed by atoms with van der Waals surface area (Å²) in [5, 5.41) is 3.16. The highest BCUT2D eigenvalue weighted by atomic mass is 35.5. The Kier molecular flexibility index (Phi) is 3.85. The Hall–Kier alpha value is -1.13. The molecule has 0 aliphatic heterocycles. The van der Waals surface area contributed by atoms with Crippen LogP contribution in [0.1, 0.15) is 5.56 Å². The molecule has 0 spiro atoms. The molecule has 0 aliphatic carbocycles. The minimum absolute atomic E-state index is 0.0198. The Morgan fingerprint density at radius 2 is 2.29 bits per heavy atom. The number of nitrogens with one attached hydrogen (secondary N) is 1. The lowest BCUT2D eigenvalue weighted by Gasteiger charge is -2.04. The first-order valence-corrected chi connectivity index (χ1v) is 4.40. The molecule has 5 heteroatoms. The second-order valence-corrected chi connectivity index (χ2v) is 3.24. The maximum atomic E-state index is 13.1. The van der Waals surface area contributed by atoms with Crippen molar-refractivity contribution in [2.45, 2.75) is 6.54 Å². The van der Waals surface area contributed by atoms with Crippen LogP contribution in [0, 0.1) is 5.82 Å². The molecule has 0 aromatic heterocycles. The van der Waals surface area contributed by atoms with Crippen molar-refractivity contribution in [2.24, 2.45) is 5.73 Å². The summed E-state index contributed by atoms with van der Waals surface area (Å²) in [5.74, 6) is -0.834. The molecule has 0 aliphatic rings. The molecule has 1 aromatic rings. The van der Waals surface area contributed by atoms with Crippen LogP contribution in [0.5, 0.6) is 0 Å². The van der Waals surface area contributed by atoms with Crippen molar-refractivity contribution in [3.63, 3.8) is 0 Å². The van der Waals surface area contributed by atoms with E-state index in [1.807, 2.05) is 0 Å². The minimum Gasteiger partial charge on any atom is -0.369 e. The average molecular weight is 217 g/mol. The third-order valence-corrected chi connectivity index (χ3v) is 1.86. The summed E-state index contributed by atoms with van der Waals surface area (Å²) in [6.45, 7) is 0.251. The van der Waals surface area contributed by atoms with Crippen molar-refractivity contribution in [3.8, 4) is 0 Å². The molecule has 0 saturated carbocycles. The van der Waals surface area contributed by atoms with Crippen LogP contribution >= 0.6 is 11.6 Å². The molecule has 0 saturated heterocycles. The summed E-state index contributed by atoms with van der Waals surface area (Å²) in [4.78, 5) is 10.4. The zero-order chi connectivity index (χ0) is 10.6. The van der Waals surface area contributed by atoms with Gasteiger partial charge in [-0.2, -0.15) is 0 Å². The normalized spacial score (nSPS) is 10.1. The number of hydrogen-bond acceptors (Lipinski definition) is 2. The maximum Gasteiger partial charge on any atom is 0.231 e. The molecule has 0 fully saturated rings. The largest absolute Gasteiger partial charge is 0.369 e. The molecular formula is C9H10ClFN2O. The fourth-order valence-corrected chi connectivity index (χ4v) is 1.19. The summed E-state index contributed by atoms with van der Waals surface area (Å²) < 4.78 is 13.1. The first kappa shape index (κ1) is 10.9. The molecule has 1 aromatic carbocycles. The lowest BCUT2D eigenvalue weighted by Crippen LogP contribution is -2.28. The van der Waals surface area contributed by atoms with Crippen molar-refractivity contribution in [2.75, 3.05) is 6.54 Å². The molecule has 3 N–H and O–H groups in total. The van der Waals surface area contributed by atoms with Crippen molar-refractivity contribution in [3.05, 3.63) is 34.6 Å². The number of benzene rings is 1. The number of rotatable bonds is 4. The Morgan fingerprint density at radius 3 is 2.93 bits per heavy atom. The molecule has 0 radical (unpaired) electrons. The minimum atomic E-state index is -0.479. The summed E-state index contributed by atoms with van der Waals surface area (Å²) in [6, 6.07) is 4.25. The van der Waals surface area contributed by atoms with Gasteiger partial charge in [0.25, 0.3) is 0 Å². The van der Waals surface area contributed by atoms with Gasteiger partial charge in [0.1, 0.15) is 5.82 Å². The standard InChI is InChI=1S/C9H10ClFN2O/c10-7-1-2-8(11)6(3-7)4-13-5-9(12)14/h1-3,13H,4-5H2,(H2,12,14). The van der Waals surface area contributed by atoms with Crippen LogP contribution in [0.15, 0.2) is 18.2 Å². The van der Waals surface area contributed by atoms with Crippen molar-refractivity contribution >= 4 is 17.5 Å². The Morgan fingerprint density at radius 1 is 1.57 bits per heavy atom. The van der Waals surface area contributed by atoms with Crippen LogP contribution in [0.25, 0.3) is 0 Å². The topological polar surface area (TPSA) is 55.1 Å². The van der Waals surface area contributed by atoms with Crippen LogP contribution in [0.4, 0.5) is 4.39 Å². The van der Waals surface area contributed by atoms with Gasteiger partial charge in [0.2, 0.25) is 5.91 Å². The van der Waals surface area contributed by atoms with Crippen molar-refractivity contribution in [1.29, 1.82) is 0 Å². The Balaban J connectivity index is 2.57. The zero-order valence-corrected chi connectivity index (χ0v) is 8.14. The van der Waals surface area contributed by atoms with E-state index in [0.717, 1.165) is 0 Å². The molecule has 0 heterocycles. The predicted octanol–water partition coefficient (Wildman–Crippen LogP) is 1.05. The van der Waals surface area contributed by atoms with Gasteiger partial charge < -0.3 is 11.1 Å². The SMILES string of the molecule is NC(=O)CNCc1cc(Cl)ccc1F. The van der Waals surface area contributed by atoms with Crippen LogP contribution in [0.2, 0.25) is 5.02 Å². The van der Waals surface area contributed by atoms with Crippen LogP contribution in [0.3, 0.4) is 0 Å². The lowest BCUT2D eigenvalue weighted by molar-refractivity contribution is -0.117. The molecular weight excluding hydrogens is 207 g/mol. The van der Waals surface area contributed by atoms with E-state index in [1.54, 1.807) is 0 Å². The van der Waals surface area contributed by atoms with Gasteiger partial charge in [0.05, 0.1) is 6.54 Å². The van der Waals surface area contributed by atoms with Crippen LogP contribution in [-0.4, -0.2) is 12.5 Å². The Bertz CT molecular complexity index is 344. The first-order valence-electron chi connectivity index (χ1n) is 4.02. The molecule has 0 atom stereocenters. The summed E-state index contributed by atoms with van der Waals surface area (Å²) in [5.41, 5.74) is 5.32. The van der Waals surface area contributed by atoms with Gasteiger partial charge in [-0.15, -0.1) is 0 Å². The highest BCUT2D eigenvalue weighted by Gasteiger charge is 2.02. The smallest absolute Gasteiger partial charge is 0.231 e. The fraction of sp³-hybridized carbons (Fsp3) is 0.222. The number of carbonyl (C=O) groups excluding carboxylic acids is 1. The lowest BCUT2D eigenvalue weighted by atomic mass is 10.2. The summed E-state index contributed by atoms with van der Waals surface area (Å²) in [6.07, 6.45) is 0.